The molecule has 0 spiro atoms. The van der Waals surface area contributed by atoms with Crippen LogP contribution in [0, 0.1) is 0 Å². The van der Waals surface area contributed by atoms with Gasteiger partial charge >= 0.3 is 0 Å². The molecule has 2 aromatic heterocycles. The molecule has 5 nitrogen and oxygen atoms in total. The van der Waals surface area contributed by atoms with E-state index in [-0.39, 0.29) is 11.6 Å². The van der Waals surface area contributed by atoms with Crippen LogP contribution in [0.3, 0.4) is 0 Å². The second-order valence-electron chi connectivity index (χ2n) is 7.52. The van der Waals surface area contributed by atoms with Crippen molar-refractivity contribution < 1.29 is 4.74 Å². The molecular weight excluding hydrogens is 394 g/mol. The Morgan fingerprint density at radius 3 is 2.57 bits per heavy atom. The van der Waals surface area contributed by atoms with Gasteiger partial charge in [0.2, 0.25) is 0 Å². The summed E-state index contributed by atoms with van der Waals surface area (Å²) in [4.78, 5) is 18.4. The van der Waals surface area contributed by atoms with Crippen LogP contribution in [0.2, 0.25) is 0 Å². The van der Waals surface area contributed by atoms with Gasteiger partial charge in [0.1, 0.15) is 16.8 Å². The Morgan fingerprint density at radius 2 is 1.87 bits per heavy atom. The quantitative estimate of drug-likeness (QED) is 0.315. The highest BCUT2D eigenvalue weighted by Crippen LogP contribution is 2.31. The van der Waals surface area contributed by atoms with Crippen molar-refractivity contribution in [2.24, 2.45) is 7.05 Å². The summed E-state index contributed by atoms with van der Waals surface area (Å²) in [6.07, 6.45) is 2.00. The maximum Gasteiger partial charge on any atom is 0.278 e. The largest absolute Gasteiger partial charge is 0.497 e. The molecule has 0 fully saturated rings. The third kappa shape index (κ3) is 3.75. The molecule has 0 bridgehead atoms. The molecule has 0 radical (unpaired) electrons. The van der Waals surface area contributed by atoms with E-state index in [1.54, 1.807) is 23.4 Å². The topological polar surface area (TPSA) is 49.1 Å². The molecule has 0 aliphatic rings. The Balaban J connectivity index is 1.83. The highest BCUT2D eigenvalue weighted by Gasteiger charge is 2.20. The van der Waals surface area contributed by atoms with Gasteiger partial charge in [-0.1, -0.05) is 54.2 Å². The van der Waals surface area contributed by atoms with Crippen LogP contribution in [0.25, 0.3) is 22.2 Å². The molecule has 0 unspecified atom stereocenters. The van der Waals surface area contributed by atoms with E-state index < -0.39 is 0 Å². The summed E-state index contributed by atoms with van der Waals surface area (Å²) in [5.74, 6) is 1.53. The van der Waals surface area contributed by atoms with Gasteiger partial charge in [-0.15, -0.1) is 0 Å². The van der Waals surface area contributed by atoms with Crippen molar-refractivity contribution in [3.05, 3.63) is 76.7 Å². The van der Waals surface area contributed by atoms with Crippen LogP contribution in [0.1, 0.15) is 25.5 Å². The predicted molar refractivity (Wildman–Crippen MR) is 123 cm³/mol. The lowest BCUT2D eigenvalue weighted by Gasteiger charge is -2.16. The van der Waals surface area contributed by atoms with Gasteiger partial charge in [0.05, 0.1) is 7.11 Å². The van der Waals surface area contributed by atoms with Crippen LogP contribution in [-0.4, -0.2) is 21.2 Å². The van der Waals surface area contributed by atoms with Crippen LogP contribution in [0.4, 0.5) is 0 Å². The summed E-state index contributed by atoms with van der Waals surface area (Å²) < 4.78 is 9.02. The molecule has 154 valence electrons. The number of thioether (sulfide) groups is 1. The van der Waals surface area contributed by atoms with Crippen molar-refractivity contribution >= 4 is 22.8 Å². The zero-order valence-electron chi connectivity index (χ0n) is 17.6. The maximum atomic E-state index is 13.4. The fourth-order valence-corrected chi connectivity index (χ4v) is 4.69. The van der Waals surface area contributed by atoms with Crippen molar-refractivity contribution in [3.63, 3.8) is 0 Å². The average molecular weight is 420 g/mol. The molecule has 2 heterocycles. The summed E-state index contributed by atoms with van der Waals surface area (Å²) in [5.41, 5.74) is 4.53. The Hall–Kier alpha value is -2.99. The van der Waals surface area contributed by atoms with E-state index in [0.29, 0.717) is 11.3 Å². The number of hydrogen-bond donors (Lipinski definition) is 0. The monoisotopic (exact) mass is 419 g/mol. The number of aryl methyl sites for hydroxylation is 1. The molecule has 0 aliphatic carbocycles. The van der Waals surface area contributed by atoms with Crippen LogP contribution in [0.5, 0.6) is 5.75 Å². The Morgan fingerprint density at radius 1 is 1.10 bits per heavy atom. The number of fused-ring (bicyclic) bond motifs is 1. The first-order chi connectivity index (χ1) is 14.5. The molecule has 0 saturated heterocycles. The van der Waals surface area contributed by atoms with E-state index in [4.69, 9.17) is 9.72 Å². The summed E-state index contributed by atoms with van der Waals surface area (Å²) in [6.45, 7) is 4.04. The lowest BCUT2D eigenvalue weighted by atomic mass is 10.1. The molecule has 0 atom stereocenters. The van der Waals surface area contributed by atoms with E-state index in [9.17, 15) is 4.79 Å². The summed E-state index contributed by atoms with van der Waals surface area (Å²) in [7, 11) is 3.57. The fraction of sp³-hybridized carbons (Fsp3) is 0.250. The van der Waals surface area contributed by atoms with E-state index in [1.807, 2.05) is 80.2 Å². The van der Waals surface area contributed by atoms with E-state index >= 15 is 0 Å². The first-order valence-electron chi connectivity index (χ1n) is 9.92. The van der Waals surface area contributed by atoms with Gasteiger partial charge in [0.15, 0.2) is 5.16 Å². The van der Waals surface area contributed by atoms with Crippen molar-refractivity contribution in [1.29, 1.82) is 0 Å². The van der Waals surface area contributed by atoms with Gasteiger partial charge in [-0.2, -0.15) is 0 Å². The van der Waals surface area contributed by atoms with E-state index in [0.717, 1.165) is 33.1 Å². The van der Waals surface area contributed by atoms with Crippen molar-refractivity contribution in [2.45, 2.75) is 30.8 Å². The third-order valence-corrected chi connectivity index (χ3v) is 6.12. The molecule has 6 heteroatoms. The molecule has 0 amide bonds. The van der Waals surface area contributed by atoms with Gasteiger partial charge in [0, 0.05) is 30.6 Å². The number of nitrogens with zero attached hydrogens (tertiary/aromatic N) is 3. The molecule has 4 aromatic rings. The normalized spacial score (nSPS) is 11.4. The van der Waals surface area contributed by atoms with Crippen LogP contribution < -0.4 is 10.3 Å². The molecule has 0 saturated carbocycles. The minimum absolute atomic E-state index is 0.00665. The minimum Gasteiger partial charge on any atom is -0.497 e. The fourth-order valence-electron chi connectivity index (χ4n) is 3.63. The van der Waals surface area contributed by atoms with Gasteiger partial charge in [-0.05, 0) is 37.1 Å². The van der Waals surface area contributed by atoms with E-state index in [2.05, 4.69) is 6.07 Å². The van der Waals surface area contributed by atoms with Crippen molar-refractivity contribution in [1.82, 2.24) is 14.1 Å². The SMILES string of the molecule is COc1cccc(CSc2nc3c(-c4ccccc4)cn(C)c3c(=O)n2C(C)C)c1. The van der Waals surface area contributed by atoms with Gasteiger partial charge in [0.25, 0.3) is 5.56 Å². The lowest BCUT2D eigenvalue weighted by molar-refractivity contribution is 0.414. The second-order valence-corrected chi connectivity index (χ2v) is 8.46. The summed E-state index contributed by atoms with van der Waals surface area (Å²) in [5, 5.41) is 0.730. The first-order valence-corrected chi connectivity index (χ1v) is 10.9. The molecule has 0 aliphatic heterocycles. The Labute approximate surface area is 180 Å². The summed E-state index contributed by atoms with van der Waals surface area (Å²) >= 11 is 1.58. The number of methoxy groups -OCH3 is 1. The zero-order chi connectivity index (χ0) is 21.3. The predicted octanol–water partition coefficient (Wildman–Crippen LogP) is 5.28. The van der Waals surface area contributed by atoms with Gasteiger partial charge in [-0.3, -0.25) is 9.36 Å². The first kappa shape index (κ1) is 20.3. The molecule has 0 N–H and O–H groups in total. The van der Waals surface area contributed by atoms with Crippen molar-refractivity contribution in [3.8, 4) is 16.9 Å². The number of benzene rings is 2. The number of ether oxygens (including phenoxy) is 1. The Kier molecular flexibility index (Phi) is 5.68. The smallest absolute Gasteiger partial charge is 0.278 e. The number of aromatic nitrogens is 3. The number of hydrogen-bond acceptors (Lipinski definition) is 4. The van der Waals surface area contributed by atoms with Crippen LogP contribution >= 0.6 is 11.8 Å². The Bertz CT molecular complexity index is 1240. The maximum absolute atomic E-state index is 13.4. The highest BCUT2D eigenvalue weighted by molar-refractivity contribution is 7.98. The van der Waals surface area contributed by atoms with Gasteiger partial charge < -0.3 is 9.30 Å². The highest BCUT2D eigenvalue weighted by atomic mass is 32.2. The third-order valence-electron chi connectivity index (χ3n) is 5.09. The van der Waals surface area contributed by atoms with Crippen LogP contribution in [0.15, 0.2) is 70.7 Å². The molecule has 30 heavy (non-hydrogen) atoms. The van der Waals surface area contributed by atoms with E-state index in [1.165, 1.54) is 0 Å². The molecule has 2 aromatic carbocycles. The standard InChI is InChI=1S/C24H25N3O2S/c1-16(2)27-23(28)22-21(20(14-26(22)3)18-10-6-5-7-11-18)25-24(27)30-15-17-9-8-12-19(13-17)29-4/h5-14,16H,15H2,1-4H3. The second kappa shape index (κ2) is 8.40. The molecular formula is C24H25N3O2S. The minimum atomic E-state index is -0.00665. The average Bonchev–Trinajstić information content (AvgIpc) is 3.09. The summed E-state index contributed by atoms with van der Waals surface area (Å²) in [6, 6.07) is 18.1. The zero-order valence-corrected chi connectivity index (χ0v) is 18.4. The van der Waals surface area contributed by atoms with Crippen molar-refractivity contribution in [2.75, 3.05) is 7.11 Å². The molecule has 4 rings (SSSR count). The number of rotatable bonds is 6. The van der Waals surface area contributed by atoms with Crippen LogP contribution in [-0.2, 0) is 12.8 Å². The van der Waals surface area contributed by atoms with Gasteiger partial charge in [-0.25, -0.2) is 4.98 Å². The lowest BCUT2D eigenvalue weighted by Crippen LogP contribution is -2.26.